The lowest BCUT2D eigenvalue weighted by molar-refractivity contribution is -0.385. The number of nitro benzene ring substituents is 1. The SMILES string of the molecule is O=[N+]([O-])c1ccc(F)c([C@H](C2CCC2)N2CCNCC2)c1. The van der Waals surface area contributed by atoms with Crippen LogP contribution in [0.2, 0.25) is 0 Å². The van der Waals surface area contributed by atoms with Gasteiger partial charge in [0.05, 0.1) is 4.92 Å². The summed E-state index contributed by atoms with van der Waals surface area (Å²) in [7, 11) is 0. The van der Waals surface area contributed by atoms with Crippen molar-refractivity contribution in [3.8, 4) is 0 Å². The zero-order valence-electron chi connectivity index (χ0n) is 11.9. The van der Waals surface area contributed by atoms with E-state index in [0.717, 1.165) is 39.0 Å². The number of rotatable bonds is 4. The largest absolute Gasteiger partial charge is 0.314 e. The van der Waals surface area contributed by atoms with Gasteiger partial charge >= 0.3 is 0 Å². The summed E-state index contributed by atoms with van der Waals surface area (Å²) in [5, 5.41) is 14.3. The van der Waals surface area contributed by atoms with Crippen molar-refractivity contribution >= 4 is 5.69 Å². The molecular weight excluding hydrogens is 273 g/mol. The quantitative estimate of drug-likeness (QED) is 0.684. The number of nitrogens with zero attached hydrogens (tertiary/aromatic N) is 2. The van der Waals surface area contributed by atoms with E-state index in [1.807, 2.05) is 0 Å². The second-order valence-electron chi connectivity index (χ2n) is 5.88. The zero-order valence-corrected chi connectivity index (χ0v) is 11.9. The van der Waals surface area contributed by atoms with Crippen molar-refractivity contribution in [3.05, 3.63) is 39.7 Å². The van der Waals surface area contributed by atoms with Crippen molar-refractivity contribution in [2.45, 2.75) is 25.3 Å². The van der Waals surface area contributed by atoms with Gasteiger partial charge in [0.1, 0.15) is 5.82 Å². The van der Waals surface area contributed by atoms with Crippen LogP contribution in [0.4, 0.5) is 10.1 Å². The van der Waals surface area contributed by atoms with Crippen LogP contribution in [0.5, 0.6) is 0 Å². The number of non-ortho nitro benzene ring substituents is 1. The van der Waals surface area contributed by atoms with Gasteiger partial charge in [0.25, 0.3) is 5.69 Å². The maximum atomic E-state index is 14.3. The lowest BCUT2D eigenvalue weighted by Crippen LogP contribution is -2.48. The number of halogens is 1. The summed E-state index contributed by atoms with van der Waals surface area (Å²) in [5.74, 6) is 0.0932. The van der Waals surface area contributed by atoms with Gasteiger partial charge in [-0.05, 0) is 24.8 Å². The monoisotopic (exact) mass is 293 g/mol. The molecule has 1 atom stereocenters. The molecule has 1 N–H and O–H groups in total. The Hall–Kier alpha value is -1.53. The van der Waals surface area contributed by atoms with E-state index in [0.29, 0.717) is 11.5 Å². The third-order valence-corrected chi connectivity index (χ3v) is 4.65. The second kappa shape index (κ2) is 6.07. The Bertz CT molecular complexity index is 528. The van der Waals surface area contributed by atoms with Gasteiger partial charge in [0.2, 0.25) is 0 Å². The average molecular weight is 293 g/mol. The van der Waals surface area contributed by atoms with E-state index in [2.05, 4.69) is 10.2 Å². The van der Waals surface area contributed by atoms with E-state index in [1.54, 1.807) is 0 Å². The molecule has 5 nitrogen and oxygen atoms in total. The average Bonchev–Trinajstić information content (AvgIpc) is 2.44. The van der Waals surface area contributed by atoms with E-state index in [9.17, 15) is 14.5 Å². The second-order valence-corrected chi connectivity index (χ2v) is 5.88. The van der Waals surface area contributed by atoms with E-state index < -0.39 is 4.92 Å². The first-order chi connectivity index (χ1) is 10.2. The van der Waals surface area contributed by atoms with E-state index >= 15 is 0 Å². The van der Waals surface area contributed by atoms with E-state index in [4.69, 9.17) is 0 Å². The highest BCUT2D eigenvalue weighted by Gasteiger charge is 2.35. The van der Waals surface area contributed by atoms with Crippen molar-refractivity contribution in [1.82, 2.24) is 10.2 Å². The van der Waals surface area contributed by atoms with E-state index in [-0.39, 0.29) is 17.5 Å². The number of benzene rings is 1. The van der Waals surface area contributed by atoms with Gasteiger partial charge in [-0.15, -0.1) is 0 Å². The molecule has 2 aliphatic rings. The van der Waals surface area contributed by atoms with Crippen LogP contribution in [0.25, 0.3) is 0 Å². The Kier molecular flexibility index (Phi) is 4.17. The Labute approximate surface area is 123 Å². The Morgan fingerprint density at radius 3 is 2.62 bits per heavy atom. The topological polar surface area (TPSA) is 58.4 Å². The van der Waals surface area contributed by atoms with E-state index in [1.165, 1.54) is 24.6 Å². The van der Waals surface area contributed by atoms with Crippen LogP contribution >= 0.6 is 0 Å². The molecular formula is C15H20FN3O2. The number of hydrogen-bond acceptors (Lipinski definition) is 4. The molecule has 1 aromatic carbocycles. The fourth-order valence-corrected chi connectivity index (χ4v) is 3.34. The molecule has 0 radical (unpaired) electrons. The highest BCUT2D eigenvalue weighted by Crippen LogP contribution is 2.42. The van der Waals surface area contributed by atoms with Gasteiger partial charge in [0, 0.05) is 49.9 Å². The van der Waals surface area contributed by atoms with Gasteiger partial charge in [-0.2, -0.15) is 0 Å². The van der Waals surface area contributed by atoms with Crippen LogP contribution in [0.1, 0.15) is 30.9 Å². The summed E-state index contributed by atoms with van der Waals surface area (Å²) in [6, 6.07) is 3.89. The highest BCUT2D eigenvalue weighted by molar-refractivity contribution is 5.37. The van der Waals surface area contributed by atoms with Crippen molar-refractivity contribution < 1.29 is 9.31 Å². The van der Waals surface area contributed by atoms with Crippen LogP contribution in [0, 0.1) is 21.8 Å². The zero-order chi connectivity index (χ0) is 14.8. The molecule has 21 heavy (non-hydrogen) atoms. The van der Waals surface area contributed by atoms with Gasteiger partial charge in [-0.1, -0.05) is 6.42 Å². The number of hydrogen-bond donors (Lipinski definition) is 1. The van der Waals surface area contributed by atoms with Crippen LogP contribution < -0.4 is 5.32 Å². The Morgan fingerprint density at radius 2 is 2.05 bits per heavy atom. The molecule has 1 aliphatic carbocycles. The van der Waals surface area contributed by atoms with Gasteiger partial charge in [-0.25, -0.2) is 4.39 Å². The predicted octanol–water partition coefficient (Wildman–Crippen LogP) is 2.48. The fourth-order valence-electron chi connectivity index (χ4n) is 3.34. The normalized spacial score (nSPS) is 21.8. The molecule has 6 heteroatoms. The molecule has 0 aromatic heterocycles. The maximum Gasteiger partial charge on any atom is 0.269 e. The standard InChI is InChI=1S/C15H20FN3O2/c16-14-5-4-12(19(20)21)10-13(14)15(11-2-1-3-11)18-8-6-17-7-9-18/h4-5,10-11,15,17H,1-3,6-9H2/t15-/m0/s1. The third-order valence-electron chi connectivity index (χ3n) is 4.65. The van der Waals surface area contributed by atoms with Crippen LogP contribution in [0.3, 0.4) is 0 Å². The first kappa shape index (κ1) is 14.4. The predicted molar refractivity (Wildman–Crippen MR) is 77.6 cm³/mol. The molecule has 0 unspecified atom stereocenters. The first-order valence-electron chi connectivity index (χ1n) is 7.55. The summed E-state index contributed by atoms with van der Waals surface area (Å²) in [6.07, 6.45) is 3.33. The van der Waals surface area contributed by atoms with Crippen LogP contribution in [0.15, 0.2) is 18.2 Å². The van der Waals surface area contributed by atoms with Gasteiger partial charge in [0.15, 0.2) is 0 Å². The highest BCUT2D eigenvalue weighted by atomic mass is 19.1. The molecule has 3 rings (SSSR count). The third kappa shape index (κ3) is 2.91. The molecule has 0 bridgehead atoms. The minimum atomic E-state index is -0.446. The Balaban J connectivity index is 1.94. The van der Waals surface area contributed by atoms with Gasteiger partial charge in [-0.3, -0.25) is 15.0 Å². The number of nitro groups is 1. The molecule has 114 valence electrons. The smallest absolute Gasteiger partial charge is 0.269 e. The minimum Gasteiger partial charge on any atom is -0.314 e. The number of nitrogens with one attached hydrogen (secondary N) is 1. The molecule has 0 amide bonds. The molecule has 1 saturated carbocycles. The van der Waals surface area contributed by atoms with Crippen molar-refractivity contribution in [2.24, 2.45) is 5.92 Å². The fraction of sp³-hybridized carbons (Fsp3) is 0.600. The van der Waals surface area contributed by atoms with Crippen molar-refractivity contribution in [1.29, 1.82) is 0 Å². The lowest BCUT2D eigenvalue weighted by Gasteiger charge is -2.43. The molecule has 1 aliphatic heterocycles. The van der Waals surface area contributed by atoms with Crippen molar-refractivity contribution in [3.63, 3.8) is 0 Å². The molecule has 1 saturated heterocycles. The summed E-state index contributed by atoms with van der Waals surface area (Å²) in [5.41, 5.74) is 0.474. The summed E-state index contributed by atoms with van der Waals surface area (Å²) in [6.45, 7) is 3.51. The number of piperazine rings is 1. The Morgan fingerprint density at radius 1 is 1.33 bits per heavy atom. The van der Waals surface area contributed by atoms with Gasteiger partial charge < -0.3 is 5.32 Å². The molecule has 2 fully saturated rings. The lowest BCUT2D eigenvalue weighted by atomic mass is 9.76. The maximum absolute atomic E-state index is 14.3. The summed E-state index contributed by atoms with van der Waals surface area (Å²) >= 11 is 0. The van der Waals surface area contributed by atoms with Crippen LogP contribution in [-0.2, 0) is 0 Å². The van der Waals surface area contributed by atoms with Crippen LogP contribution in [-0.4, -0.2) is 36.0 Å². The van der Waals surface area contributed by atoms with Crippen molar-refractivity contribution in [2.75, 3.05) is 26.2 Å². The summed E-state index contributed by atoms with van der Waals surface area (Å²) in [4.78, 5) is 12.8. The molecule has 1 aromatic rings. The molecule has 1 heterocycles. The molecule has 0 spiro atoms. The minimum absolute atomic E-state index is 0.0224. The first-order valence-corrected chi connectivity index (χ1v) is 7.55. The summed E-state index contributed by atoms with van der Waals surface area (Å²) < 4.78 is 14.3.